The highest BCUT2D eigenvalue weighted by atomic mass is 32.2. The van der Waals surface area contributed by atoms with Crippen molar-refractivity contribution >= 4 is 38.1 Å². The predicted octanol–water partition coefficient (Wildman–Crippen LogP) is 5.25. The van der Waals surface area contributed by atoms with Gasteiger partial charge in [0.1, 0.15) is 5.82 Å². The molecule has 6 nitrogen and oxygen atoms in total. The van der Waals surface area contributed by atoms with Crippen molar-refractivity contribution in [1.29, 1.82) is 0 Å². The van der Waals surface area contributed by atoms with Crippen LogP contribution < -0.4 is 10.0 Å². The minimum atomic E-state index is -3.71. The maximum Gasteiger partial charge on any atom is 0.263 e. The Kier molecular flexibility index (Phi) is 5.79. The second-order valence-corrected chi connectivity index (χ2v) is 9.06. The van der Waals surface area contributed by atoms with Crippen LogP contribution in [0.4, 0.5) is 15.2 Å². The highest BCUT2D eigenvalue weighted by Crippen LogP contribution is 2.25. The Hall–Kier alpha value is -3.56. The highest BCUT2D eigenvalue weighted by Gasteiger charge is 2.15. The molecule has 0 aliphatic heterocycles. The lowest BCUT2D eigenvalue weighted by atomic mass is 10.1. The number of hydrogen-bond donors (Lipinski definition) is 2. The molecule has 1 heterocycles. The second kappa shape index (κ2) is 8.66. The fraction of sp³-hybridized carbons (Fsp3) is 0. The van der Waals surface area contributed by atoms with Crippen LogP contribution in [0.25, 0.3) is 11.1 Å². The minimum absolute atomic E-state index is 0. The molecule has 2 N–H and O–H groups in total. The van der Waals surface area contributed by atoms with Crippen LogP contribution in [-0.2, 0) is 10.0 Å². The summed E-state index contributed by atoms with van der Waals surface area (Å²) in [4.78, 5) is 16.3. The van der Waals surface area contributed by atoms with Crippen LogP contribution in [0.3, 0.4) is 0 Å². The SMILES string of the molecule is O=C(Nc1ccc(-c2ccc(S(=O)(=O)Nc3nccs3)cc2)cc1)c1ccccc1F.[HH]. The van der Waals surface area contributed by atoms with Gasteiger partial charge in [-0.1, -0.05) is 36.4 Å². The molecule has 0 radical (unpaired) electrons. The van der Waals surface area contributed by atoms with Crippen LogP contribution in [0.1, 0.15) is 11.8 Å². The summed E-state index contributed by atoms with van der Waals surface area (Å²) in [5.41, 5.74) is 2.12. The molecule has 0 bridgehead atoms. The largest absolute Gasteiger partial charge is 0.322 e. The van der Waals surface area contributed by atoms with Crippen LogP contribution in [0.2, 0.25) is 0 Å². The maximum absolute atomic E-state index is 13.7. The Balaban J connectivity index is 0.00000289. The lowest BCUT2D eigenvalue weighted by Crippen LogP contribution is -2.13. The molecular weight excluding hydrogens is 437 g/mol. The lowest BCUT2D eigenvalue weighted by Gasteiger charge is -2.09. The monoisotopic (exact) mass is 455 g/mol. The van der Waals surface area contributed by atoms with Gasteiger partial charge in [-0.05, 0) is 47.5 Å². The maximum atomic E-state index is 13.7. The van der Waals surface area contributed by atoms with Gasteiger partial charge >= 0.3 is 0 Å². The van der Waals surface area contributed by atoms with E-state index in [1.165, 1.54) is 47.9 Å². The Morgan fingerprint density at radius 1 is 0.935 bits per heavy atom. The second-order valence-electron chi connectivity index (χ2n) is 6.48. The van der Waals surface area contributed by atoms with Crippen molar-refractivity contribution in [3.63, 3.8) is 0 Å². The molecule has 0 saturated carbocycles. The molecule has 9 heteroatoms. The van der Waals surface area contributed by atoms with Gasteiger partial charge < -0.3 is 5.32 Å². The molecule has 4 aromatic rings. The molecule has 158 valence electrons. The van der Waals surface area contributed by atoms with E-state index in [9.17, 15) is 17.6 Å². The highest BCUT2D eigenvalue weighted by molar-refractivity contribution is 7.93. The number of halogens is 1. The van der Waals surface area contributed by atoms with Gasteiger partial charge in [-0.25, -0.2) is 17.8 Å². The van der Waals surface area contributed by atoms with Crippen molar-refractivity contribution < 1.29 is 19.0 Å². The molecule has 0 atom stereocenters. The Morgan fingerprint density at radius 2 is 1.58 bits per heavy atom. The summed E-state index contributed by atoms with van der Waals surface area (Å²) >= 11 is 1.20. The first-order valence-corrected chi connectivity index (χ1v) is 11.5. The fourth-order valence-corrected chi connectivity index (χ4v) is 4.65. The molecule has 0 aliphatic carbocycles. The number of benzene rings is 3. The Labute approximate surface area is 183 Å². The minimum Gasteiger partial charge on any atom is -0.322 e. The molecule has 0 saturated heterocycles. The van der Waals surface area contributed by atoms with Gasteiger partial charge in [0.25, 0.3) is 15.9 Å². The molecule has 0 fully saturated rings. The third kappa shape index (κ3) is 4.79. The standard InChI is InChI=1S/C22H16FN3O3S2.H2/c23-20-4-2-1-3-19(20)21(27)25-17-9-5-15(6-10-17)16-7-11-18(12-8-16)31(28,29)26-22-24-13-14-30-22;/h1-14H,(H,24,26)(H,25,27);1H. The number of anilines is 2. The first kappa shape index (κ1) is 20.7. The zero-order valence-corrected chi connectivity index (χ0v) is 17.6. The van der Waals surface area contributed by atoms with Crippen molar-refractivity contribution in [2.75, 3.05) is 10.0 Å². The number of hydrogen-bond acceptors (Lipinski definition) is 5. The number of amides is 1. The number of carbonyl (C=O) groups excluding carboxylic acids is 1. The molecular formula is C22H18FN3O3S2. The molecule has 0 aliphatic rings. The summed E-state index contributed by atoms with van der Waals surface area (Å²) in [6.45, 7) is 0. The van der Waals surface area contributed by atoms with Crippen LogP contribution in [0, 0.1) is 5.82 Å². The Morgan fingerprint density at radius 3 is 2.19 bits per heavy atom. The molecule has 0 unspecified atom stereocenters. The third-order valence-electron chi connectivity index (χ3n) is 4.41. The van der Waals surface area contributed by atoms with Crippen LogP contribution in [0.5, 0.6) is 0 Å². The topological polar surface area (TPSA) is 88.2 Å². The first-order chi connectivity index (χ1) is 14.9. The molecule has 1 amide bonds. The van der Waals surface area contributed by atoms with Crippen LogP contribution in [-0.4, -0.2) is 19.3 Å². The summed E-state index contributed by atoms with van der Waals surface area (Å²) in [6.07, 6.45) is 1.52. The zero-order chi connectivity index (χ0) is 21.8. The van der Waals surface area contributed by atoms with E-state index in [4.69, 9.17) is 0 Å². The Bertz CT molecular complexity index is 1310. The fourth-order valence-electron chi connectivity index (χ4n) is 2.86. The zero-order valence-electron chi connectivity index (χ0n) is 15.9. The smallest absolute Gasteiger partial charge is 0.263 e. The molecule has 0 spiro atoms. The molecule has 1 aromatic heterocycles. The van der Waals surface area contributed by atoms with E-state index < -0.39 is 21.7 Å². The number of sulfonamides is 1. The van der Waals surface area contributed by atoms with Gasteiger partial charge in [-0.3, -0.25) is 9.52 Å². The average molecular weight is 456 g/mol. The third-order valence-corrected chi connectivity index (χ3v) is 6.59. The summed E-state index contributed by atoms with van der Waals surface area (Å²) in [5, 5.41) is 4.64. The number of thiazole rings is 1. The summed E-state index contributed by atoms with van der Waals surface area (Å²) in [6, 6.07) is 19.1. The number of nitrogens with one attached hydrogen (secondary N) is 2. The van der Waals surface area contributed by atoms with E-state index >= 15 is 0 Å². The van der Waals surface area contributed by atoms with Crippen molar-refractivity contribution in [3.05, 3.63) is 95.8 Å². The van der Waals surface area contributed by atoms with Gasteiger partial charge in [0.05, 0.1) is 10.5 Å². The van der Waals surface area contributed by atoms with Crippen molar-refractivity contribution in [1.82, 2.24) is 4.98 Å². The summed E-state index contributed by atoms with van der Waals surface area (Å²) in [7, 11) is -3.71. The van der Waals surface area contributed by atoms with E-state index in [0.717, 1.165) is 11.1 Å². The van der Waals surface area contributed by atoms with Gasteiger partial charge in [0, 0.05) is 18.7 Å². The van der Waals surface area contributed by atoms with Crippen LogP contribution >= 0.6 is 11.3 Å². The first-order valence-electron chi connectivity index (χ1n) is 9.11. The van der Waals surface area contributed by atoms with Gasteiger partial charge in [-0.2, -0.15) is 0 Å². The normalized spacial score (nSPS) is 11.1. The van der Waals surface area contributed by atoms with E-state index in [-0.39, 0.29) is 11.9 Å². The number of carbonyl (C=O) groups is 1. The van der Waals surface area contributed by atoms with E-state index in [0.29, 0.717) is 10.8 Å². The van der Waals surface area contributed by atoms with Crippen LogP contribution in [0.15, 0.2) is 89.3 Å². The summed E-state index contributed by atoms with van der Waals surface area (Å²) in [5.74, 6) is -1.12. The molecule has 4 rings (SSSR count). The van der Waals surface area contributed by atoms with Gasteiger partial charge in [0.15, 0.2) is 5.13 Å². The van der Waals surface area contributed by atoms with Crippen molar-refractivity contribution in [3.8, 4) is 11.1 Å². The van der Waals surface area contributed by atoms with Gasteiger partial charge in [0.2, 0.25) is 0 Å². The van der Waals surface area contributed by atoms with Crippen molar-refractivity contribution in [2.45, 2.75) is 4.90 Å². The predicted molar refractivity (Wildman–Crippen MR) is 121 cm³/mol. The lowest BCUT2D eigenvalue weighted by molar-refractivity contribution is 0.102. The molecule has 31 heavy (non-hydrogen) atoms. The number of rotatable bonds is 6. The molecule has 3 aromatic carbocycles. The quantitative estimate of drug-likeness (QED) is 0.416. The summed E-state index contributed by atoms with van der Waals surface area (Å²) < 4.78 is 41.0. The van der Waals surface area contributed by atoms with Gasteiger partial charge in [-0.15, -0.1) is 11.3 Å². The van der Waals surface area contributed by atoms with E-state index in [2.05, 4.69) is 15.0 Å². The average Bonchev–Trinajstić information content (AvgIpc) is 3.27. The number of aromatic nitrogens is 1. The number of nitrogens with zero attached hydrogens (tertiary/aromatic N) is 1. The van der Waals surface area contributed by atoms with E-state index in [1.54, 1.807) is 47.8 Å². The van der Waals surface area contributed by atoms with E-state index in [1.807, 2.05) is 0 Å². The van der Waals surface area contributed by atoms with Crippen molar-refractivity contribution in [2.24, 2.45) is 0 Å².